The second-order valence-corrected chi connectivity index (χ2v) is 9.19. The van der Waals surface area contributed by atoms with Crippen molar-refractivity contribution in [2.24, 2.45) is 0 Å². The molecule has 6 heteroatoms. The van der Waals surface area contributed by atoms with Gasteiger partial charge in [-0.3, -0.25) is 4.79 Å². The molecule has 134 valence electrons. The van der Waals surface area contributed by atoms with Crippen LogP contribution in [0.2, 0.25) is 0 Å². The standard InChI is InChI=1S/C18H27NO4S/c1-12(2)16-7-6-13(3)10-17(16)23-14(4)18(20)19(5)15-8-9-24(21,22)11-15/h6-7,10,12,14-15H,8-9,11H2,1-5H3. The van der Waals surface area contributed by atoms with Crippen molar-refractivity contribution in [3.05, 3.63) is 29.3 Å². The third-order valence-electron chi connectivity index (χ3n) is 4.55. The molecule has 1 aliphatic rings. The SMILES string of the molecule is Cc1ccc(C(C)C)c(OC(C)C(=O)N(C)C2CCS(=O)(=O)C2)c1. The van der Waals surface area contributed by atoms with Gasteiger partial charge >= 0.3 is 0 Å². The highest BCUT2D eigenvalue weighted by atomic mass is 32.2. The minimum atomic E-state index is -3.02. The highest BCUT2D eigenvalue weighted by Gasteiger charge is 2.34. The molecular weight excluding hydrogens is 326 g/mol. The van der Waals surface area contributed by atoms with Crippen molar-refractivity contribution in [3.8, 4) is 5.75 Å². The fraction of sp³-hybridized carbons (Fsp3) is 0.611. The first-order valence-electron chi connectivity index (χ1n) is 8.35. The maximum absolute atomic E-state index is 12.6. The molecule has 2 atom stereocenters. The number of carbonyl (C=O) groups is 1. The first-order valence-corrected chi connectivity index (χ1v) is 10.2. The van der Waals surface area contributed by atoms with Gasteiger partial charge in [0.1, 0.15) is 5.75 Å². The van der Waals surface area contributed by atoms with Crippen LogP contribution in [0.25, 0.3) is 0 Å². The first-order chi connectivity index (χ1) is 11.1. The van der Waals surface area contributed by atoms with E-state index in [1.807, 2.05) is 25.1 Å². The van der Waals surface area contributed by atoms with Gasteiger partial charge in [-0.15, -0.1) is 0 Å². The molecule has 1 amide bonds. The van der Waals surface area contributed by atoms with Crippen molar-refractivity contribution in [2.45, 2.75) is 52.2 Å². The Morgan fingerprint density at radius 1 is 1.29 bits per heavy atom. The Balaban J connectivity index is 2.11. The topological polar surface area (TPSA) is 63.7 Å². The van der Waals surface area contributed by atoms with E-state index in [0.29, 0.717) is 12.3 Å². The van der Waals surface area contributed by atoms with Crippen LogP contribution in [-0.4, -0.2) is 49.9 Å². The van der Waals surface area contributed by atoms with E-state index in [1.165, 1.54) is 4.90 Å². The lowest BCUT2D eigenvalue weighted by molar-refractivity contribution is -0.138. The zero-order chi connectivity index (χ0) is 18.1. The third-order valence-corrected chi connectivity index (χ3v) is 6.30. The normalized spacial score (nSPS) is 20.8. The van der Waals surface area contributed by atoms with Crippen molar-refractivity contribution < 1.29 is 17.9 Å². The van der Waals surface area contributed by atoms with Crippen molar-refractivity contribution in [1.82, 2.24) is 4.90 Å². The molecule has 0 radical (unpaired) electrons. The molecule has 5 nitrogen and oxygen atoms in total. The summed E-state index contributed by atoms with van der Waals surface area (Å²) in [6.07, 6.45) is -0.156. The van der Waals surface area contributed by atoms with Gasteiger partial charge in [-0.05, 0) is 43.4 Å². The largest absolute Gasteiger partial charge is 0.481 e. The zero-order valence-corrected chi connectivity index (χ0v) is 15.9. The van der Waals surface area contributed by atoms with Crippen LogP contribution in [0, 0.1) is 6.92 Å². The van der Waals surface area contributed by atoms with Gasteiger partial charge in [0.05, 0.1) is 11.5 Å². The quantitative estimate of drug-likeness (QED) is 0.816. The molecule has 0 spiro atoms. The van der Waals surface area contributed by atoms with Crippen LogP contribution in [0.3, 0.4) is 0 Å². The van der Waals surface area contributed by atoms with Gasteiger partial charge in [-0.2, -0.15) is 0 Å². The maximum atomic E-state index is 12.6. The van der Waals surface area contributed by atoms with Crippen LogP contribution in [0.15, 0.2) is 18.2 Å². The van der Waals surface area contributed by atoms with Crippen LogP contribution in [0.5, 0.6) is 5.75 Å². The Morgan fingerprint density at radius 2 is 1.96 bits per heavy atom. The number of nitrogens with zero attached hydrogens (tertiary/aromatic N) is 1. The van der Waals surface area contributed by atoms with Gasteiger partial charge < -0.3 is 9.64 Å². The second-order valence-electron chi connectivity index (χ2n) is 6.96. The molecule has 0 bridgehead atoms. The molecule has 0 saturated carbocycles. The van der Waals surface area contributed by atoms with Crippen molar-refractivity contribution in [3.63, 3.8) is 0 Å². The molecule has 1 aliphatic heterocycles. The van der Waals surface area contributed by atoms with E-state index < -0.39 is 15.9 Å². The van der Waals surface area contributed by atoms with E-state index in [0.717, 1.165) is 16.9 Å². The summed E-state index contributed by atoms with van der Waals surface area (Å²) in [5.41, 5.74) is 2.13. The van der Waals surface area contributed by atoms with E-state index in [9.17, 15) is 13.2 Å². The molecule has 0 aliphatic carbocycles. The molecular formula is C18H27NO4S. The smallest absolute Gasteiger partial charge is 0.263 e. The molecule has 1 aromatic carbocycles. The number of sulfone groups is 1. The number of aryl methyl sites for hydroxylation is 1. The Hall–Kier alpha value is -1.56. The lowest BCUT2D eigenvalue weighted by Crippen LogP contribution is -2.44. The van der Waals surface area contributed by atoms with Gasteiger partial charge in [-0.1, -0.05) is 26.0 Å². The number of ether oxygens (including phenoxy) is 1. The molecule has 1 fully saturated rings. The lowest BCUT2D eigenvalue weighted by atomic mass is 10.0. The maximum Gasteiger partial charge on any atom is 0.263 e. The minimum Gasteiger partial charge on any atom is -0.481 e. The van der Waals surface area contributed by atoms with Crippen molar-refractivity contribution in [2.75, 3.05) is 18.6 Å². The van der Waals surface area contributed by atoms with Crippen LogP contribution in [0.4, 0.5) is 0 Å². The fourth-order valence-corrected chi connectivity index (χ4v) is 4.78. The number of hydrogen-bond donors (Lipinski definition) is 0. The Labute approximate surface area is 144 Å². The highest BCUT2D eigenvalue weighted by molar-refractivity contribution is 7.91. The van der Waals surface area contributed by atoms with Crippen LogP contribution >= 0.6 is 0 Å². The summed E-state index contributed by atoms with van der Waals surface area (Å²) in [5, 5.41) is 0. The van der Waals surface area contributed by atoms with Gasteiger partial charge in [0, 0.05) is 13.1 Å². The molecule has 2 rings (SSSR count). The summed E-state index contributed by atoms with van der Waals surface area (Å²) in [5.74, 6) is 1.02. The monoisotopic (exact) mass is 353 g/mol. The molecule has 24 heavy (non-hydrogen) atoms. The number of benzene rings is 1. The van der Waals surface area contributed by atoms with Crippen LogP contribution < -0.4 is 4.74 Å². The average molecular weight is 353 g/mol. The van der Waals surface area contributed by atoms with E-state index in [2.05, 4.69) is 13.8 Å². The number of hydrogen-bond acceptors (Lipinski definition) is 4. The Morgan fingerprint density at radius 3 is 2.50 bits per heavy atom. The van der Waals surface area contributed by atoms with E-state index in [4.69, 9.17) is 4.74 Å². The highest BCUT2D eigenvalue weighted by Crippen LogP contribution is 2.28. The predicted molar refractivity (Wildman–Crippen MR) is 95.2 cm³/mol. The Bertz CT molecular complexity index is 712. The van der Waals surface area contributed by atoms with E-state index >= 15 is 0 Å². The first kappa shape index (κ1) is 18.8. The summed E-state index contributed by atoms with van der Waals surface area (Å²) in [7, 11) is -1.36. The molecule has 0 N–H and O–H groups in total. The molecule has 1 saturated heterocycles. The molecule has 1 heterocycles. The number of rotatable bonds is 5. The Kier molecular flexibility index (Phi) is 5.58. The van der Waals surface area contributed by atoms with Gasteiger partial charge in [0.15, 0.2) is 15.9 Å². The predicted octanol–water partition coefficient (Wildman–Crippen LogP) is 2.53. The average Bonchev–Trinajstić information content (AvgIpc) is 2.85. The second kappa shape index (κ2) is 7.13. The number of carbonyl (C=O) groups excluding carboxylic acids is 1. The molecule has 2 unspecified atom stereocenters. The summed E-state index contributed by atoms with van der Waals surface area (Å²) < 4.78 is 29.2. The minimum absolute atomic E-state index is 0.0453. The summed E-state index contributed by atoms with van der Waals surface area (Å²) >= 11 is 0. The lowest BCUT2D eigenvalue weighted by Gasteiger charge is -2.27. The zero-order valence-electron chi connectivity index (χ0n) is 15.1. The van der Waals surface area contributed by atoms with Crippen LogP contribution in [0.1, 0.15) is 44.2 Å². The summed E-state index contributed by atoms with van der Waals surface area (Å²) in [4.78, 5) is 14.1. The number of amides is 1. The van der Waals surface area contributed by atoms with E-state index in [1.54, 1.807) is 14.0 Å². The van der Waals surface area contributed by atoms with Crippen molar-refractivity contribution in [1.29, 1.82) is 0 Å². The van der Waals surface area contributed by atoms with E-state index in [-0.39, 0.29) is 23.5 Å². The number of likely N-dealkylation sites (N-methyl/N-ethyl adjacent to an activating group) is 1. The van der Waals surface area contributed by atoms with Gasteiger partial charge in [-0.25, -0.2) is 8.42 Å². The molecule has 0 aromatic heterocycles. The van der Waals surface area contributed by atoms with Crippen LogP contribution in [-0.2, 0) is 14.6 Å². The van der Waals surface area contributed by atoms with Gasteiger partial charge in [0.25, 0.3) is 5.91 Å². The third kappa shape index (κ3) is 4.29. The van der Waals surface area contributed by atoms with Crippen molar-refractivity contribution >= 4 is 15.7 Å². The fourth-order valence-electron chi connectivity index (χ4n) is 3.01. The summed E-state index contributed by atoms with van der Waals surface area (Å²) in [6.45, 7) is 7.87. The van der Waals surface area contributed by atoms with Gasteiger partial charge in [0.2, 0.25) is 0 Å². The molecule has 1 aromatic rings. The summed E-state index contributed by atoms with van der Waals surface area (Å²) in [6, 6.07) is 5.75.